The smallest absolute Gasteiger partial charge is 0.100 e. The van der Waals surface area contributed by atoms with Gasteiger partial charge in [-0.05, 0) is 65.1 Å². The Morgan fingerprint density at radius 1 is 1.00 bits per heavy atom. The first-order valence-electron chi connectivity index (χ1n) is 7.14. The van der Waals surface area contributed by atoms with Crippen LogP contribution in [0, 0.1) is 3.57 Å². The molecule has 3 aromatic rings. The summed E-state index contributed by atoms with van der Waals surface area (Å²) in [5.74, 6) is 0. The highest BCUT2D eigenvalue weighted by molar-refractivity contribution is 14.1. The number of allylic oxidation sites excluding steroid dienone is 2. The van der Waals surface area contributed by atoms with Gasteiger partial charge >= 0.3 is 0 Å². The van der Waals surface area contributed by atoms with E-state index in [1.165, 1.54) is 9.26 Å². The predicted molar refractivity (Wildman–Crippen MR) is 99.4 cm³/mol. The second-order valence-corrected chi connectivity index (χ2v) is 6.44. The lowest BCUT2D eigenvalue weighted by Gasteiger charge is -2.21. The van der Waals surface area contributed by atoms with Gasteiger partial charge in [0.2, 0.25) is 0 Å². The first kappa shape index (κ1) is 13.6. The molecule has 0 fully saturated rings. The monoisotopic (exact) mass is 399 g/mol. The minimum atomic E-state index is 0.906. The Kier molecular flexibility index (Phi) is 3.46. The van der Waals surface area contributed by atoms with Crippen LogP contribution in [0.15, 0.2) is 73.2 Å². The van der Waals surface area contributed by atoms with Gasteiger partial charge < -0.3 is 4.90 Å². The third-order valence-corrected chi connectivity index (χ3v) is 4.44. The highest BCUT2D eigenvalue weighted by Gasteiger charge is 2.08. The molecule has 0 unspecified atom stereocenters. The van der Waals surface area contributed by atoms with Gasteiger partial charge in [0.25, 0.3) is 0 Å². The molecular weight excluding hydrogens is 385 g/mol. The van der Waals surface area contributed by atoms with Crippen molar-refractivity contribution in [3.05, 3.63) is 76.8 Å². The Balaban J connectivity index is 1.78. The van der Waals surface area contributed by atoms with Crippen LogP contribution in [0.5, 0.6) is 0 Å². The van der Waals surface area contributed by atoms with Gasteiger partial charge in [0.1, 0.15) is 6.33 Å². The zero-order valence-electron chi connectivity index (χ0n) is 11.9. The molecule has 0 bridgehead atoms. The van der Waals surface area contributed by atoms with Gasteiger partial charge in [0.05, 0.1) is 11.0 Å². The number of benzene rings is 2. The summed E-state index contributed by atoms with van der Waals surface area (Å²) in [6, 6.07) is 14.9. The van der Waals surface area contributed by atoms with E-state index in [4.69, 9.17) is 0 Å². The minimum Gasteiger partial charge on any atom is -0.344 e. The Labute approximate surface area is 142 Å². The van der Waals surface area contributed by atoms with E-state index in [0.29, 0.717) is 0 Å². The zero-order chi connectivity index (χ0) is 14.9. The lowest BCUT2D eigenvalue weighted by atomic mass is 10.2. The van der Waals surface area contributed by atoms with Gasteiger partial charge in [-0.25, -0.2) is 4.98 Å². The molecule has 0 spiro atoms. The molecule has 4 rings (SSSR count). The van der Waals surface area contributed by atoms with E-state index < -0.39 is 0 Å². The van der Waals surface area contributed by atoms with Crippen LogP contribution in [0.2, 0.25) is 0 Å². The normalized spacial score (nSPS) is 14.0. The topological polar surface area (TPSA) is 21.1 Å². The molecule has 108 valence electrons. The lowest BCUT2D eigenvalue weighted by molar-refractivity contribution is 1.05. The van der Waals surface area contributed by atoms with Crippen LogP contribution >= 0.6 is 22.6 Å². The summed E-state index contributed by atoms with van der Waals surface area (Å²) < 4.78 is 3.34. The third-order valence-electron chi connectivity index (χ3n) is 3.76. The van der Waals surface area contributed by atoms with Crippen LogP contribution in [0.25, 0.3) is 16.7 Å². The van der Waals surface area contributed by atoms with Crippen molar-refractivity contribution in [1.29, 1.82) is 0 Å². The van der Waals surface area contributed by atoms with E-state index in [1.807, 2.05) is 6.33 Å². The molecule has 1 aromatic heterocycles. The fourth-order valence-electron chi connectivity index (χ4n) is 2.67. The van der Waals surface area contributed by atoms with Gasteiger partial charge in [-0.2, -0.15) is 0 Å². The predicted octanol–water partition coefficient (Wildman–Crippen LogP) is 4.52. The summed E-state index contributed by atoms with van der Waals surface area (Å²) in [5, 5.41) is 0. The van der Waals surface area contributed by atoms with Crippen LogP contribution in [0.3, 0.4) is 0 Å². The summed E-state index contributed by atoms with van der Waals surface area (Å²) in [4.78, 5) is 6.75. The van der Waals surface area contributed by atoms with Crippen molar-refractivity contribution in [2.75, 3.05) is 11.4 Å². The molecule has 1 aliphatic heterocycles. The fraction of sp³-hybridized carbons (Fsp3) is 0.0556. The van der Waals surface area contributed by atoms with E-state index in [1.54, 1.807) is 0 Å². The third kappa shape index (κ3) is 2.43. The SMILES string of the molecule is Ic1ccc2c(c1)ncn2-c1cccc(N2C=CC=CC2)c1. The van der Waals surface area contributed by atoms with Crippen LogP contribution in [-0.2, 0) is 0 Å². The quantitative estimate of drug-likeness (QED) is 0.591. The highest BCUT2D eigenvalue weighted by Crippen LogP contribution is 2.24. The Morgan fingerprint density at radius 2 is 1.91 bits per heavy atom. The average molecular weight is 399 g/mol. The van der Waals surface area contributed by atoms with E-state index in [0.717, 1.165) is 23.3 Å². The number of imidazole rings is 1. The molecular formula is C18H14IN3. The molecule has 3 nitrogen and oxygen atoms in total. The number of aromatic nitrogens is 2. The molecule has 22 heavy (non-hydrogen) atoms. The Hall–Kier alpha value is -2.08. The van der Waals surface area contributed by atoms with E-state index in [2.05, 4.69) is 104 Å². The van der Waals surface area contributed by atoms with E-state index in [-0.39, 0.29) is 0 Å². The average Bonchev–Trinajstić information content (AvgIpc) is 2.99. The first-order chi connectivity index (χ1) is 10.8. The molecule has 0 atom stereocenters. The van der Waals surface area contributed by atoms with Crippen molar-refractivity contribution in [1.82, 2.24) is 9.55 Å². The van der Waals surface area contributed by atoms with Crippen molar-refractivity contribution in [3.8, 4) is 5.69 Å². The summed E-state index contributed by atoms with van der Waals surface area (Å²) >= 11 is 2.32. The van der Waals surface area contributed by atoms with Crippen LogP contribution < -0.4 is 4.90 Å². The number of hydrogen-bond acceptors (Lipinski definition) is 2. The van der Waals surface area contributed by atoms with Gasteiger partial charge in [0, 0.05) is 27.7 Å². The number of halogens is 1. The number of nitrogens with zero attached hydrogens (tertiary/aromatic N) is 3. The van der Waals surface area contributed by atoms with Crippen LogP contribution in [-0.4, -0.2) is 16.1 Å². The summed E-state index contributed by atoms with van der Waals surface area (Å²) in [5.41, 5.74) is 4.47. The Bertz CT molecular complexity index is 892. The molecule has 0 saturated carbocycles. The number of rotatable bonds is 2. The van der Waals surface area contributed by atoms with Crippen molar-refractivity contribution >= 4 is 39.3 Å². The van der Waals surface area contributed by atoms with Crippen LogP contribution in [0.1, 0.15) is 0 Å². The number of hydrogen-bond donors (Lipinski definition) is 0. The highest BCUT2D eigenvalue weighted by atomic mass is 127. The fourth-order valence-corrected chi connectivity index (χ4v) is 3.15. The summed E-state index contributed by atoms with van der Waals surface area (Å²) in [6.07, 6.45) is 10.3. The van der Waals surface area contributed by atoms with Gasteiger partial charge in [-0.15, -0.1) is 0 Å². The molecule has 0 aliphatic carbocycles. The first-order valence-corrected chi connectivity index (χ1v) is 8.22. The molecule has 4 heteroatoms. The number of fused-ring (bicyclic) bond motifs is 1. The standard InChI is InChI=1S/C18H14IN3/c19-14-7-8-18-17(11-14)20-13-22(18)16-6-4-5-15(12-16)21-9-2-1-3-10-21/h1-9,11-13H,10H2. The number of anilines is 1. The van der Waals surface area contributed by atoms with Crippen molar-refractivity contribution in [3.63, 3.8) is 0 Å². The van der Waals surface area contributed by atoms with Gasteiger partial charge in [-0.3, -0.25) is 4.57 Å². The van der Waals surface area contributed by atoms with Gasteiger partial charge in [0.15, 0.2) is 0 Å². The second kappa shape index (κ2) is 5.61. The van der Waals surface area contributed by atoms with Crippen molar-refractivity contribution < 1.29 is 0 Å². The molecule has 0 radical (unpaired) electrons. The molecule has 0 amide bonds. The lowest BCUT2D eigenvalue weighted by Crippen LogP contribution is -2.17. The summed E-state index contributed by atoms with van der Waals surface area (Å²) in [7, 11) is 0. The molecule has 0 N–H and O–H groups in total. The maximum atomic E-state index is 4.52. The maximum absolute atomic E-state index is 4.52. The van der Waals surface area contributed by atoms with E-state index in [9.17, 15) is 0 Å². The summed E-state index contributed by atoms with van der Waals surface area (Å²) in [6.45, 7) is 0.906. The largest absolute Gasteiger partial charge is 0.344 e. The van der Waals surface area contributed by atoms with Crippen molar-refractivity contribution in [2.45, 2.75) is 0 Å². The molecule has 2 aromatic carbocycles. The zero-order valence-corrected chi connectivity index (χ0v) is 14.0. The molecule has 1 aliphatic rings. The molecule has 2 heterocycles. The van der Waals surface area contributed by atoms with Gasteiger partial charge in [-0.1, -0.05) is 18.2 Å². The minimum absolute atomic E-state index is 0.906. The second-order valence-electron chi connectivity index (χ2n) is 5.19. The van der Waals surface area contributed by atoms with Crippen molar-refractivity contribution in [2.24, 2.45) is 0 Å². The van der Waals surface area contributed by atoms with Crippen LogP contribution in [0.4, 0.5) is 5.69 Å². The van der Waals surface area contributed by atoms with E-state index >= 15 is 0 Å². The maximum Gasteiger partial charge on any atom is 0.100 e. The molecule has 0 saturated heterocycles. The Morgan fingerprint density at radius 3 is 2.77 bits per heavy atom.